The molecule has 0 unspecified atom stereocenters. The summed E-state index contributed by atoms with van der Waals surface area (Å²) in [6, 6.07) is 11.7. The molecule has 0 saturated carbocycles. The Morgan fingerprint density at radius 3 is 2.43 bits per heavy atom. The van der Waals surface area contributed by atoms with Crippen LogP contribution in [-0.4, -0.2) is 41.9 Å². The van der Waals surface area contributed by atoms with Crippen LogP contribution >= 0.6 is 0 Å². The summed E-state index contributed by atoms with van der Waals surface area (Å²) in [5.41, 5.74) is 6.47. The maximum Gasteiger partial charge on any atom is 0.256 e. The lowest BCUT2D eigenvalue weighted by molar-refractivity contribution is -0.120. The van der Waals surface area contributed by atoms with E-state index in [0.29, 0.717) is 50.4 Å². The molecule has 0 aromatic heterocycles. The molecule has 0 bridgehead atoms. The first-order chi connectivity index (χ1) is 14.5. The average molecular weight is 411 g/mol. The monoisotopic (exact) mass is 411 g/mol. The Morgan fingerprint density at radius 1 is 1.10 bits per heavy atom. The van der Waals surface area contributed by atoms with Gasteiger partial charge in [0, 0.05) is 25.0 Å². The van der Waals surface area contributed by atoms with Crippen LogP contribution in [0.3, 0.4) is 0 Å². The van der Waals surface area contributed by atoms with Crippen molar-refractivity contribution >= 4 is 11.8 Å². The second-order valence-corrected chi connectivity index (χ2v) is 8.05. The van der Waals surface area contributed by atoms with Gasteiger partial charge in [0.05, 0.1) is 5.56 Å². The smallest absolute Gasteiger partial charge is 0.256 e. The topological polar surface area (TPSA) is 84.7 Å². The summed E-state index contributed by atoms with van der Waals surface area (Å²) in [4.78, 5) is 26.2. The highest BCUT2D eigenvalue weighted by Crippen LogP contribution is 2.32. The van der Waals surface area contributed by atoms with Gasteiger partial charge in [0.2, 0.25) is 5.91 Å². The Balaban J connectivity index is 1.44. The molecule has 2 amide bonds. The van der Waals surface area contributed by atoms with E-state index in [4.69, 9.17) is 10.5 Å². The van der Waals surface area contributed by atoms with Crippen molar-refractivity contribution in [1.29, 1.82) is 0 Å². The fraction of sp³-hybridized carbons (Fsp3) is 0.391. The summed E-state index contributed by atoms with van der Waals surface area (Å²) in [6.45, 7) is 1.56. The molecule has 6 nitrogen and oxygen atoms in total. The average Bonchev–Trinajstić information content (AvgIpc) is 3.11. The number of hydrogen-bond donors (Lipinski definition) is 2. The van der Waals surface area contributed by atoms with Crippen molar-refractivity contribution in [2.75, 3.05) is 19.6 Å². The van der Waals surface area contributed by atoms with Crippen molar-refractivity contribution in [2.45, 2.75) is 37.6 Å². The van der Waals surface area contributed by atoms with E-state index >= 15 is 0 Å². The normalized spacial score (nSPS) is 17.8. The van der Waals surface area contributed by atoms with Crippen LogP contribution in [0.4, 0.5) is 4.39 Å². The number of nitrogens with two attached hydrogens (primary N) is 1. The molecule has 2 aromatic carbocycles. The summed E-state index contributed by atoms with van der Waals surface area (Å²) < 4.78 is 20.2. The number of ether oxygens (including phenoxy) is 1. The summed E-state index contributed by atoms with van der Waals surface area (Å²) in [5.74, 6) is 0.165. The van der Waals surface area contributed by atoms with Crippen molar-refractivity contribution in [1.82, 2.24) is 10.2 Å². The number of likely N-dealkylation sites (tertiary alicyclic amines) is 1. The zero-order valence-corrected chi connectivity index (χ0v) is 16.8. The van der Waals surface area contributed by atoms with E-state index in [-0.39, 0.29) is 22.9 Å². The van der Waals surface area contributed by atoms with Crippen LogP contribution in [0.15, 0.2) is 42.5 Å². The number of piperidine rings is 1. The van der Waals surface area contributed by atoms with Crippen LogP contribution in [0, 0.1) is 5.82 Å². The first kappa shape index (κ1) is 20.3. The van der Waals surface area contributed by atoms with Crippen LogP contribution in [-0.2, 0) is 11.2 Å². The van der Waals surface area contributed by atoms with Gasteiger partial charge in [0.25, 0.3) is 5.91 Å². The van der Waals surface area contributed by atoms with Crippen LogP contribution in [0.5, 0.6) is 11.5 Å². The maximum absolute atomic E-state index is 14.4. The van der Waals surface area contributed by atoms with Gasteiger partial charge >= 0.3 is 0 Å². The second kappa shape index (κ2) is 8.44. The van der Waals surface area contributed by atoms with Gasteiger partial charge in [-0.3, -0.25) is 9.59 Å². The number of hydrogen-bond acceptors (Lipinski definition) is 4. The molecule has 2 heterocycles. The highest BCUT2D eigenvalue weighted by molar-refractivity contribution is 5.95. The van der Waals surface area contributed by atoms with Crippen molar-refractivity contribution in [3.8, 4) is 11.5 Å². The molecule has 0 aliphatic carbocycles. The van der Waals surface area contributed by atoms with Crippen molar-refractivity contribution in [3.63, 3.8) is 0 Å². The number of benzene rings is 2. The van der Waals surface area contributed by atoms with Crippen LogP contribution < -0.4 is 15.8 Å². The molecule has 3 N–H and O–H groups in total. The van der Waals surface area contributed by atoms with Crippen LogP contribution in [0.1, 0.15) is 41.6 Å². The molecule has 2 saturated heterocycles. The molecular weight excluding hydrogens is 385 g/mol. The Bertz CT molecular complexity index is 937. The SMILES string of the molecule is NCCc1ccc(Oc2ccc(F)c(C(=O)N3CCC4(CCC(=O)N4)CC3)c2)cc1. The minimum absolute atomic E-state index is 0.00124. The van der Waals surface area contributed by atoms with Crippen LogP contribution in [0.2, 0.25) is 0 Å². The molecule has 0 radical (unpaired) electrons. The molecule has 7 heteroatoms. The van der Waals surface area contributed by atoms with Gasteiger partial charge in [-0.2, -0.15) is 0 Å². The summed E-state index contributed by atoms with van der Waals surface area (Å²) in [7, 11) is 0. The standard InChI is InChI=1S/C23H26FN3O3/c24-20-6-5-18(30-17-3-1-16(2-4-17)8-12-25)15-19(20)22(29)27-13-10-23(11-14-27)9-7-21(28)26-23/h1-6,15H,7-14,25H2,(H,26,28). The number of amides is 2. The van der Waals surface area contributed by atoms with E-state index in [2.05, 4.69) is 5.32 Å². The third-order valence-electron chi connectivity index (χ3n) is 6.00. The zero-order chi connectivity index (χ0) is 21.1. The Labute approximate surface area is 175 Å². The number of carbonyl (C=O) groups is 2. The van der Waals surface area contributed by atoms with E-state index in [1.165, 1.54) is 18.2 Å². The lowest BCUT2D eigenvalue weighted by Crippen LogP contribution is -2.52. The molecule has 2 aliphatic rings. The minimum Gasteiger partial charge on any atom is -0.457 e. The second-order valence-electron chi connectivity index (χ2n) is 8.05. The number of halogens is 1. The van der Waals surface area contributed by atoms with Gasteiger partial charge in [-0.25, -0.2) is 4.39 Å². The Hall–Kier alpha value is -2.93. The van der Waals surface area contributed by atoms with Gasteiger partial charge in [0.15, 0.2) is 0 Å². The van der Waals surface area contributed by atoms with E-state index in [1.54, 1.807) is 4.90 Å². The van der Waals surface area contributed by atoms with Crippen molar-refractivity contribution in [3.05, 3.63) is 59.4 Å². The molecule has 0 atom stereocenters. The van der Waals surface area contributed by atoms with Gasteiger partial charge in [-0.05, 0) is 68.1 Å². The largest absolute Gasteiger partial charge is 0.457 e. The highest BCUT2D eigenvalue weighted by atomic mass is 19.1. The molecule has 2 fully saturated rings. The molecule has 4 rings (SSSR count). The molecule has 2 aliphatic heterocycles. The fourth-order valence-corrected chi connectivity index (χ4v) is 4.22. The fourth-order valence-electron chi connectivity index (χ4n) is 4.22. The van der Waals surface area contributed by atoms with Crippen molar-refractivity contribution in [2.24, 2.45) is 5.73 Å². The number of rotatable bonds is 5. The minimum atomic E-state index is -0.569. The predicted molar refractivity (Wildman–Crippen MR) is 111 cm³/mol. The Morgan fingerprint density at radius 2 is 1.80 bits per heavy atom. The van der Waals surface area contributed by atoms with Gasteiger partial charge in [0.1, 0.15) is 17.3 Å². The van der Waals surface area contributed by atoms with E-state index in [1.807, 2.05) is 24.3 Å². The van der Waals surface area contributed by atoms with Crippen molar-refractivity contribution < 1.29 is 18.7 Å². The summed E-state index contributed by atoms with van der Waals surface area (Å²) in [6.07, 6.45) is 3.51. The molecule has 158 valence electrons. The first-order valence-electron chi connectivity index (χ1n) is 10.3. The highest BCUT2D eigenvalue weighted by Gasteiger charge is 2.41. The van der Waals surface area contributed by atoms with E-state index < -0.39 is 5.82 Å². The quantitative estimate of drug-likeness (QED) is 0.792. The lowest BCUT2D eigenvalue weighted by atomic mass is 9.86. The summed E-state index contributed by atoms with van der Waals surface area (Å²) >= 11 is 0. The van der Waals surface area contributed by atoms with E-state index in [9.17, 15) is 14.0 Å². The van der Waals surface area contributed by atoms with Gasteiger partial charge in [-0.15, -0.1) is 0 Å². The maximum atomic E-state index is 14.4. The van der Waals surface area contributed by atoms with Gasteiger partial charge < -0.3 is 20.7 Å². The number of nitrogens with one attached hydrogen (secondary N) is 1. The zero-order valence-electron chi connectivity index (χ0n) is 16.8. The third kappa shape index (κ3) is 4.31. The third-order valence-corrected chi connectivity index (χ3v) is 6.00. The molecular formula is C23H26FN3O3. The summed E-state index contributed by atoms with van der Waals surface area (Å²) in [5, 5.41) is 3.05. The predicted octanol–water partition coefficient (Wildman–Crippen LogP) is 3.00. The molecule has 1 spiro atoms. The lowest BCUT2D eigenvalue weighted by Gasteiger charge is -2.39. The number of carbonyl (C=O) groups excluding carboxylic acids is 2. The molecule has 30 heavy (non-hydrogen) atoms. The van der Waals surface area contributed by atoms with Crippen LogP contribution in [0.25, 0.3) is 0 Å². The first-order valence-corrected chi connectivity index (χ1v) is 10.3. The van der Waals surface area contributed by atoms with E-state index in [0.717, 1.165) is 18.4 Å². The van der Waals surface area contributed by atoms with Gasteiger partial charge in [-0.1, -0.05) is 12.1 Å². The molecule has 2 aromatic rings. The Kier molecular flexibility index (Phi) is 5.72. The number of nitrogens with zero attached hydrogens (tertiary/aromatic N) is 1.